The van der Waals surface area contributed by atoms with E-state index in [4.69, 9.17) is 11.5 Å². The van der Waals surface area contributed by atoms with E-state index in [2.05, 4.69) is 6.92 Å². The highest BCUT2D eigenvalue weighted by atomic mass is 16.4. The molecule has 0 aliphatic rings. The highest BCUT2D eigenvalue weighted by molar-refractivity contribution is 5.08. The van der Waals surface area contributed by atoms with Crippen molar-refractivity contribution in [3.8, 4) is 0 Å². The van der Waals surface area contributed by atoms with E-state index >= 15 is 0 Å². The molecule has 0 amide bonds. The van der Waals surface area contributed by atoms with Gasteiger partial charge in [0.05, 0.1) is 6.61 Å². The van der Waals surface area contributed by atoms with Gasteiger partial charge in [-0.15, -0.1) is 0 Å². The summed E-state index contributed by atoms with van der Waals surface area (Å²) in [4.78, 5) is 0. The molecule has 5 nitrogen and oxygen atoms in total. The lowest BCUT2D eigenvalue weighted by molar-refractivity contribution is -0.193. The van der Waals surface area contributed by atoms with Crippen molar-refractivity contribution in [2.45, 2.75) is 115 Å². The van der Waals surface area contributed by atoms with Gasteiger partial charge >= 0.3 is 0 Å². The number of unbranched alkanes of at least 4 members (excludes halogenated alkanes) is 9. The van der Waals surface area contributed by atoms with E-state index in [0.717, 1.165) is 19.3 Å². The van der Waals surface area contributed by atoms with Crippen molar-refractivity contribution in [2.75, 3.05) is 6.61 Å². The summed E-state index contributed by atoms with van der Waals surface area (Å²) in [6, 6.07) is -1.45. The third kappa shape index (κ3) is 6.96. The lowest BCUT2D eigenvalue weighted by Crippen LogP contribution is -2.71. The van der Waals surface area contributed by atoms with E-state index < -0.39 is 29.9 Å². The second kappa shape index (κ2) is 12.2. The Morgan fingerprint density at radius 2 is 1.12 bits per heavy atom. The van der Waals surface area contributed by atoms with Gasteiger partial charge in [-0.2, -0.15) is 0 Å². The first-order valence-electron chi connectivity index (χ1n) is 9.83. The largest absolute Gasteiger partial charge is 0.393 e. The molecule has 3 atom stereocenters. The molecule has 7 N–H and O–H groups in total. The van der Waals surface area contributed by atoms with Crippen LogP contribution in [-0.2, 0) is 0 Å². The molecule has 0 aromatic heterocycles. The third-order valence-electron chi connectivity index (χ3n) is 5.34. The summed E-state index contributed by atoms with van der Waals surface area (Å²) in [5.74, 6) is 0. The van der Waals surface area contributed by atoms with Crippen molar-refractivity contribution in [3.63, 3.8) is 0 Å². The van der Waals surface area contributed by atoms with Crippen LogP contribution in [0.15, 0.2) is 0 Å². The highest BCUT2D eigenvalue weighted by Crippen LogP contribution is 2.32. The van der Waals surface area contributed by atoms with Crippen LogP contribution in [0.1, 0.15) is 91.4 Å². The molecule has 0 aromatic rings. The topological polar surface area (TPSA) is 113 Å². The molecule has 0 fully saturated rings. The number of nitrogens with two attached hydrogens (primary N) is 2. The normalized spacial score (nSPS) is 19.5. The maximum atomic E-state index is 10.8. The monoisotopic (exact) mass is 346 g/mol. The Hall–Kier alpha value is -0.200. The van der Waals surface area contributed by atoms with Crippen molar-refractivity contribution >= 4 is 0 Å². The highest BCUT2D eigenvalue weighted by Gasteiger charge is 2.53. The molecule has 3 unspecified atom stereocenters. The summed E-state index contributed by atoms with van der Waals surface area (Å²) in [5, 5.41) is 31.2. The van der Waals surface area contributed by atoms with E-state index in [1.807, 2.05) is 0 Å². The first kappa shape index (κ1) is 23.8. The molecule has 0 radical (unpaired) electrons. The number of aliphatic hydroxyl groups is 3. The zero-order chi connectivity index (χ0) is 18.6. The predicted molar refractivity (Wildman–Crippen MR) is 101 cm³/mol. The van der Waals surface area contributed by atoms with E-state index in [0.29, 0.717) is 6.42 Å². The van der Waals surface area contributed by atoms with Crippen molar-refractivity contribution in [2.24, 2.45) is 11.5 Å². The van der Waals surface area contributed by atoms with Crippen LogP contribution in [0.2, 0.25) is 0 Å². The summed E-state index contributed by atoms with van der Waals surface area (Å²) in [6.07, 6.45) is 12.2. The fraction of sp³-hybridized carbons (Fsp3) is 1.00. The van der Waals surface area contributed by atoms with Gasteiger partial charge in [0.15, 0.2) is 0 Å². The van der Waals surface area contributed by atoms with Crippen LogP contribution in [0.5, 0.6) is 0 Å². The van der Waals surface area contributed by atoms with Gasteiger partial charge in [0.25, 0.3) is 0 Å². The first-order valence-corrected chi connectivity index (χ1v) is 9.83. The van der Waals surface area contributed by atoms with Crippen LogP contribution in [-0.4, -0.2) is 45.2 Å². The van der Waals surface area contributed by atoms with Crippen molar-refractivity contribution < 1.29 is 15.3 Å². The van der Waals surface area contributed by atoms with Gasteiger partial charge in [-0.3, -0.25) is 0 Å². The van der Waals surface area contributed by atoms with Gasteiger partial charge in [0.1, 0.15) is 11.2 Å². The van der Waals surface area contributed by atoms with Crippen LogP contribution in [0.4, 0.5) is 0 Å². The molecule has 0 spiro atoms. The van der Waals surface area contributed by atoms with Crippen molar-refractivity contribution in [3.05, 3.63) is 0 Å². The molecule has 0 aliphatic carbocycles. The van der Waals surface area contributed by atoms with Crippen LogP contribution in [0.3, 0.4) is 0 Å². The summed E-state index contributed by atoms with van der Waals surface area (Å²) in [6.45, 7) is 4.92. The minimum Gasteiger partial charge on any atom is -0.393 e. The van der Waals surface area contributed by atoms with Crippen LogP contribution in [0.25, 0.3) is 0 Å². The van der Waals surface area contributed by atoms with Crippen molar-refractivity contribution in [1.29, 1.82) is 0 Å². The second-order valence-electron chi connectivity index (χ2n) is 7.52. The molecule has 0 aromatic carbocycles. The average molecular weight is 347 g/mol. The van der Waals surface area contributed by atoms with Crippen molar-refractivity contribution in [1.82, 2.24) is 0 Å². The lowest BCUT2D eigenvalue weighted by atomic mass is 9.71. The SMILES string of the molecule is CCCCCCCCCCCCC(O)(CO)C(O)(C(C)N)C(C)N. The first-order chi connectivity index (χ1) is 11.3. The summed E-state index contributed by atoms with van der Waals surface area (Å²) in [5.41, 5.74) is 8.35. The molecule has 0 saturated carbocycles. The van der Waals surface area contributed by atoms with E-state index in [-0.39, 0.29) is 0 Å². The van der Waals surface area contributed by atoms with E-state index in [1.54, 1.807) is 13.8 Å². The number of aliphatic hydroxyl groups excluding tert-OH is 1. The fourth-order valence-corrected chi connectivity index (χ4v) is 3.57. The smallest absolute Gasteiger partial charge is 0.125 e. The standard InChI is InChI=1S/C19H42N2O3/c1-4-5-6-7-8-9-10-11-12-13-14-18(23,15-22)19(24,16(2)20)17(3)21/h16-17,22-24H,4-15,20-21H2,1-3H3. The molecule has 146 valence electrons. The number of rotatable bonds is 15. The molecule has 24 heavy (non-hydrogen) atoms. The number of hydrogen-bond donors (Lipinski definition) is 5. The van der Waals surface area contributed by atoms with Crippen LogP contribution >= 0.6 is 0 Å². The minimum absolute atomic E-state index is 0.305. The zero-order valence-corrected chi connectivity index (χ0v) is 16.1. The van der Waals surface area contributed by atoms with Gasteiger partial charge in [0, 0.05) is 12.1 Å². The molecular formula is C19H42N2O3. The van der Waals surface area contributed by atoms with E-state index in [9.17, 15) is 15.3 Å². The maximum Gasteiger partial charge on any atom is 0.125 e. The van der Waals surface area contributed by atoms with Crippen LogP contribution < -0.4 is 11.5 Å². The molecule has 0 rings (SSSR count). The van der Waals surface area contributed by atoms with Gasteiger partial charge in [-0.05, 0) is 20.3 Å². The quantitative estimate of drug-likeness (QED) is 0.292. The minimum atomic E-state index is -1.69. The van der Waals surface area contributed by atoms with Gasteiger partial charge in [-0.25, -0.2) is 0 Å². The average Bonchev–Trinajstić information content (AvgIpc) is 2.54. The van der Waals surface area contributed by atoms with Crippen LogP contribution in [0, 0.1) is 0 Å². The Bertz CT molecular complexity index is 303. The van der Waals surface area contributed by atoms with Gasteiger partial charge in [-0.1, -0.05) is 71.1 Å². The van der Waals surface area contributed by atoms with Gasteiger partial charge < -0.3 is 26.8 Å². The molecular weight excluding hydrogens is 304 g/mol. The van der Waals surface area contributed by atoms with E-state index in [1.165, 1.54) is 44.9 Å². The molecule has 5 heteroatoms. The Morgan fingerprint density at radius 3 is 1.46 bits per heavy atom. The summed E-state index contributed by atoms with van der Waals surface area (Å²) < 4.78 is 0. The van der Waals surface area contributed by atoms with Gasteiger partial charge in [0.2, 0.25) is 0 Å². The zero-order valence-electron chi connectivity index (χ0n) is 16.1. The lowest BCUT2D eigenvalue weighted by Gasteiger charge is -2.47. The Morgan fingerprint density at radius 1 is 0.750 bits per heavy atom. The second-order valence-corrected chi connectivity index (χ2v) is 7.52. The molecule has 0 heterocycles. The number of hydrogen-bond acceptors (Lipinski definition) is 5. The Balaban J connectivity index is 4.13. The fourth-order valence-electron chi connectivity index (χ4n) is 3.57. The molecule has 0 saturated heterocycles. The predicted octanol–water partition coefficient (Wildman–Crippen LogP) is 2.45. The Kier molecular flexibility index (Phi) is 12.1. The maximum absolute atomic E-state index is 10.8. The molecule has 0 bridgehead atoms. The molecule has 0 aliphatic heterocycles. The third-order valence-corrected chi connectivity index (χ3v) is 5.34. The summed E-state index contributed by atoms with van der Waals surface area (Å²) in [7, 11) is 0. The summed E-state index contributed by atoms with van der Waals surface area (Å²) >= 11 is 0. The Labute approximate surface area is 148 Å².